The Balaban J connectivity index is 2.00. The molecule has 1 fully saturated rings. The van der Waals surface area contributed by atoms with E-state index in [0.29, 0.717) is 4.88 Å². The average Bonchev–Trinajstić information content (AvgIpc) is 2.90. The van der Waals surface area contributed by atoms with Gasteiger partial charge in [0, 0.05) is 19.1 Å². The van der Waals surface area contributed by atoms with Crippen molar-refractivity contribution < 1.29 is 9.90 Å². The minimum Gasteiger partial charge on any atom is -0.477 e. The third-order valence-corrected chi connectivity index (χ3v) is 4.98. The van der Waals surface area contributed by atoms with Crippen molar-refractivity contribution in [1.82, 2.24) is 0 Å². The minimum absolute atomic E-state index is 0.238. The molecule has 3 N–H and O–H groups in total. The molecule has 1 aromatic rings. The maximum absolute atomic E-state index is 11.2. The van der Waals surface area contributed by atoms with Gasteiger partial charge in [-0.05, 0) is 36.8 Å². The predicted molar refractivity (Wildman–Crippen MR) is 68.1 cm³/mol. The Bertz CT molecular complexity index is 469. The van der Waals surface area contributed by atoms with Crippen molar-refractivity contribution in [1.29, 1.82) is 0 Å². The number of rotatable bonds is 2. The number of nitrogens with zero attached hydrogens (tertiary/aromatic N) is 1. The lowest BCUT2D eigenvalue weighted by molar-refractivity contribution is 0.0701. The second kappa shape index (κ2) is 3.99. The van der Waals surface area contributed by atoms with Gasteiger partial charge in [0.25, 0.3) is 0 Å². The predicted octanol–water partition coefficient (Wildman–Crippen LogP) is 1.47. The van der Waals surface area contributed by atoms with Gasteiger partial charge >= 0.3 is 5.97 Å². The zero-order chi connectivity index (χ0) is 12.0. The molecule has 1 aromatic heterocycles. The second-order valence-corrected chi connectivity index (χ2v) is 5.85. The van der Waals surface area contributed by atoms with Gasteiger partial charge in [-0.1, -0.05) is 0 Å². The first-order valence-electron chi connectivity index (χ1n) is 6.05. The molecule has 1 aliphatic carbocycles. The van der Waals surface area contributed by atoms with Gasteiger partial charge in [0.2, 0.25) is 0 Å². The molecule has 5 heteroatoms. The van der Waals surface area contributed by atoms with Crippen LogP contribution >= 0.6 is 11.3 Å². The van der Waals surface area contributed by atoms with Crippen molar-refractivity contribution in [3.05, 3.63) is 16.0 Å². The molecule has 0 amide bonds. The number of nitrogens with two attached hydrogens (primary N) is 1. The third kappa shape index (κ3) is 1.73. The number of carbonyl (C=O) groups is 1. The molecule has 0 spiro atoms. The number of hydrogen-bond donors (Lipinski definition) is 2. The molecule has 0 radical (unpaired) electrons. The fourth-order valence-corrected chi connectivity index (χ4v) is 4.12. The standard InChI is InChI=1S/C12H16N2O2S/c13-7-4-5-14(6-7)11-9-3-1-2-8(9)10(17-11)12(15)16/h7H,1-6,13H2,(H,15,16). The highest BCUT2D eigenvalue weighted by atomic mass is 32.1. The number of anilines is 1. The van der Waals surface area contributed by atoms with Crippen LogP contribution in [0.5, 0.6) is 0 Å². The number of carboxylic acids is 1. The monoisotopic (exact) mass is 252 g/mol. The summed E-state index contributed by atoms with van der Waals surface area (Å²) in [5, 5.41) is 10.4. The van der Waals surface area contributed by atoms with Crippen LogP contribution in [0.3, 0.4) is 0 Å². The van der Waals surface area contributed by atoms with Crippen LogP contribution in [0.4, 0.5) is 5.00 Å². The molecule has 0 saturated carbocycles. The van der Waals surface area contributed by atoms with Gasteiger partial charge in [0.05, 0.1) is 5.00 Å². The summed E-state index contributed by atoms with van der Waals surface area (Å²) >= 11 is 1.44. The van der Waals surface area contributed by atoms with Gasteiger partial charge < -0.3 is 15.7 Å². The van der Waals surface area contributed by atoms with E-state index in [4.69, 9.17) is 5.73 Å². The first-order chi connectivity index (χ1) is 8.16. The maximum Gasteiger partial charge on any atom is 0.346 e. The van der Waals surface area contributed by atoms with Gasteiger partial charge in [-0.15, -0.1) is 11.3 Å². The molecule has 2 aliphatic rings. The molecule has 92 valence electrons. The SMILES string of the molecule is NC1CCN(c2sc(C(=O)O)c3c2CCC3)C1. The van der Waals surface area contributed by atoms with E-state index in [2.05, 4.69) is 4.90 Å². The number of aromatic carboxylic acids is 1. The van der Waals surface area contributed by atoms with Crippen LogP contribution in [0.1, 0.15) is 33.6 Å². The van der Waals surface area contributed by atoms with Crippen LogP contribution in [0.15, 0.2) is 0 Å². The minimum atomic E-state index is -0.775. The lowest BCUT2D eigenvalue weighted by Gasteiger charge is -2.17. The molecular weight excluding hydrogens is 236 g/mol. The largest absolute Gasteiger partial charge is 0.477 e. The van der Waals surface area contributed by atoms with E-state index in [9.17, 15) is 9.90 Å². The molecule has 1 aliphatic heterocycles. The van der Waals surface area contributed by atoms with E-state index in [1.807, 2.05) is 0 Å². The third-order valence-electron chi connectivity index (χ3n) is 3.65. The highest BCUT2D eigenvalue weighted by Crippen LogP contribution is 2.42. The highest BCUT2D eigenvalue weighted by Gasteiger charge is 2.30. The zero-order valence-electron chi connectivity index (χ0n) is 9.61. The second-order valence-electron chi connectivity index (χ2n) is 4.85. The van der Waals surface area contributed by atoms with Crippen molar-refractivity contribution in [3.63, 3.8) is 0 Å². The van der Waals surface area contributed by atoms with Crippen molar-refractivity contribution in [3.8, 4) is 0 Å². The molecule has 2 heterocycles. The Kier molecular flexibility index (Phi) is 2.60. The molecule has 1 saturated heterocycles. The molecule has 0 aromatic carbocycles. The Morgan fingerprint density at radius 3 is 2.82 bits per heavy atom. The summed E-state index contributed by atoms with van der Waals surface area (Å²) in [7, 11) is 0. The Hall–Kier alpha value is -1.07. The van der Waals surface area contributed by atoms with E-state index in [-0.39, 0.29) is 6.04 Å². The molecule has 0 bridgehead atoms. The topological polar surface area (TPSA) is 66.6 Å². The summed E-state index contributed by atoms with van der Waals surface area (Å²) in [5.74, 6) is -0.775. The van der Waals surface area contributed by atoms with Gasteiger partial charge in [-0.2, -0.15) is 0 Å². The number of thiophene rings is 1. The lowest BCUT2D eigenvalue weighted by atomic mass is 10.2. The van der Waals surface area contributed by atoms with E-state index in [1.54, 1.807) is 0 Å². The number of hydrogen-bond acceptors (Lipinski definition) is 4. The van der Waals surface area contributed by atoms with E-state index < -0.39 is 5.97 Å². The molecular formula is C12H16N2O2S. The molecule has 4 nitrogen and oxygen atoms in total. The van der Waals surface area contributed by atoms with Gasteiger partial charge in [0.1, 0.15) is 4.88 Å². The smallest absolute Gasteiger partial charge is 0.346 e. The van der Waals surface area contributed by atoms with E-state index in [0.717, 1.165) is 44.3 Å². The van der Waals surface area contributed by atoms with Crippen LogP contribution in [0, 0.1) is 0 Å². The van der Waals surface area contributed by atoms with Gasteiger partial charge in [-0.3, -0.25) is 0 Å². The summed E-state index contributed by atoms with van der Waals surface area (Å²) in [5.41, 5.74) is 8.28. The lowest BCUT2D eigenvalue weighted by Crippen LogP contribution is -2.26. The summed E-state index contributed by atoms with van der Waals surface area (Å²) in [4.78, 5) is 14.0. The van der Waals surface area contributed by atoms with Crippen molar-refractivity contribution in [2.24, 2.45) is 5.73 Å². The van der Waals surface area contributed by atoms with Crippen LogP contribution in [0.25, 0.3) is 0 Å². The van der Waals surface area contributed by atoms with Gasteiger partial charge in [0.15, 0.2) is 0 Å². The summed E-state index contributed by atoms with van der Waals surface area (Å²) < 4.78 is 0. The molecule has 1 unspecified atom stereocenters. The summed E-state index contributed by atoms with van der Waals surface area (Å²) in [6.07, 6.45) is 4.05. The van der Waals surface area contributed by atoms with Crippen molar-refractivity contribution in [2.75, 3.05) is 18.0 Å². The summed E-state index contributed by atoms with van der Waals surface area (Å²) in [6.45, 7) is 1.83. The molecule has 17 heavy (non-hydrogen) atoms. The summed E-state index contributed by atoms with van der Waals surface area (Å²) in [6, 6.07) is 0.238. The van der Waals surface area contributed by atoms with Crippen molar-refractivity contribution >= 4 is 22.3 Å². The number of carboxylic acid groups (broad SMARTS) is 1. The highest BCUT2D eigenvalue weighted by molar-refractivity contribution is 7.18. The first-order valence-corrected chi connectivity index (χ1v) is 6.87. The maximum atomic E-state index is 11.2. The fourth-order valence-electron chi connectivity index (χ4n) is 2.85. The quantitative estimate of drug-likeness (QED) is 0.836. The Morgan fingerprint density at radius 2 is 2.18 bits per heavy atom. The zero-order valence-corrected chi connectivity index (χ0v) is 10.4. The van der Waals surface area contributed by atoms with E-state index >= 15 is 0 Å². The Labute approximate surface area is 104 Å². The fraction of sp³-hybridized carbons (Fsp3) is 0.583. The van der Waals surface area contributed by atoms with Gasteiger partial charge in [-0.25, -0.2) is 4.79 Å². The van der Waals surface area contributed by atoms with Crippen LogP contribution < -0.4 is 10.6 Å². The van der Waals surface area contributed by atoms with Crippen LogP contribution in [0.2, 0.25) is 0 Å². The average molecular weight is 252 g/mol. The molecule has 3 rings (SSSR count). The number of fused-ring (bicyclic) bond motifs is 1. The van der Waals surface area contributed by atoms with E-state index in [1.165, 1.54) is 21.9 Å². The van der Waals surface area contributed by atoms with Crippen molar-refractivity contribution in [2.45, 2.75) is 31.7 Å². The van der Waals surface area contributed by atoms with Crippen LogP contribution in [-0.4, -0.2) is 30.2 Å². The Morgan fingerprint density at radius 1 is 1.41 bits per heavy atom. The normalized spacial score (nSPS) is 23.1. The van der Waals surface area contributed by atoms with Crippen LogP contribution in [-0.2, 0) is 12.8 Å². The first kappa shape index (κ1) is 11.0. The molecule has 1 atom stereocenters.